The first-order valence-corrected chi connectivity index (χ1v) is 11.5. The van der Waals surface area contributed by atoms with E-state index in [0.29, 0.717) is 13.0 Å². The van der Waals surface area contributed by atoms with Crippen LogP contribution in [0.15, 0.2) is 21.9 Å². The van der Waals surface area contributed by atoms with E-state index in [1.807, 2.05) is 4.98 Å². The highest BCUT2D eigenvalue weighted by molar-refractivity contribution is 5.80. The van der Waals surface area contributed by atoms with Gasteiger partial charge in [0.15, 0.2) is 12.0 Å². The summed E-state index contributed by atoms with van der Waals surface area (Å²) in [5.41, 5.74) is 12.9. The minimum Gasteiger partial charge on any atom is -0.396 e. The number of aliphatic hydroxyl groups excluding tert-OH is 3. The molecule has 0 bridgehead atoms. The van der Waals surface area contributed by atoms with Crippen molar-refractivity contribution in [3.05, 3.63) is 33.1 Å². The van der Waals surface area contributed by atoms with E-state index >= 15 is 0 Å². The molecule has 3 rings (SSSR count). The third-order valence-corrected chi connectivity index (χ3v) is 6.46. The van der Waals surface area contributed by atoms with Crippen molar-refractivity contribution < 1.29 is 39.4 Å². The summed E-state index contributed by atoms with van der Waals surface area (Å²) in [5, 5.41) is 45.1. The Balaban J connectivity index is 1.98. The zero-order chi connectivity index (χ0) is 26.6. The standard InChI is InChI=1S/C20H34N6O10/c21-3-1-4-24-12(17(23)31)16(36-18-14(30)13(29)10(6-22)35-18)15-9(7-27)20(33,8-34-15)26-5-2-11(28)25-19(26)32/h2,5,9-10,12-16,18,24,27,29-30,33H,1,3-4,6-8,21-22H2,(H2,23,31)(H,25,28,32)/t9?,10-,12?,13-,14-,15+,16+,18+,20+/m1/s1. The predicted molar refractivity (Wildman–Crippen MR) is 121 cm³/mol. The zero-order valence-electron chi connectivity index (χ0n) is 19.4. The van der Waals surface area contributed by atoms with Crippen molar-refractivity contribution in [1.82, 2.24) is 14.9 Å². The van der Waals surface area contributed by atoms with Crippen LogP contribution in [-0.2, 0) is 24.7 Å². The van der Waals surface area contributed by atoms with Gasteiger partial charge in [-0.25, -0.2) is 4.79 Å². The molecule has 0 spiro atoms. The molecule has 16 heteroatoms. The second kappa shape index (κ2) is 11.9. The maximum absolute atomic E-state index is 12.5. The van der Waals surface area contributed by atoms with Crippen LogP contribution in [0.25, 0.3) is 0 Å². The number of carbonyl (C=O) groups excluding carboxylic acids is 1. The van der Waals surface area contributed by atoms with E-state index in [9.17, 15) is 34.8 Å². The molecule has 0 aromatic carbocycles. The van der Waals surface area contributed by atoms with Crippen molar-refractivity contribution in [2.45, 2.75) is 55.0 Å². The number of rotatable bonds is 12. The molecule has 3 heterocycles. The Kier molecular flexibility index (Phi) is 9.33. The molecule has 1 aromatic rings. The van der Waals surface area contributed by atoms with E-state index in [2.05, 4.69) is 5.32 Å². The summed E-state index contributed by atoms with van der Waals surface area (Å²) < 4.78 is 17.9. The molecule has 2 aliphatic rings. The van der Waals surface area contributed by atoms with Gasteiger partial charge in [-0.3, -0.25) is 19.1 Å². The highest BCUT2D eigenvalue weighted by Crippen LogP contribution is 2.38. The molecule has 2 fully saturated rings. The van der Waals surface area contributed by atoms with Gasteiger partial charge in [0, 0.05) is 18.8 Å². The molecule has 2 saturated heterocycles. The Labute approximate surface area is 204 Å². The fourth-order valence-electron chi connectivity index (χ4n) is 4.51. The van der Waals surface area contributed by atoms with E-state index in [-0.39, 0.29) is 13.1 Å². The van der Waals surface area contributed by atoms with E-state index in [1.54, 1.807) is 0 Å². The number of hydrogen-bond donors (Lipinski definition) is 9. The Bertz CT molecular complexity index is 1010. The maximum Gasteiger partial charge on any atom is 0.330 e. The van der Waals surface area contributed by atoms with Crippen LogP contribution in [-0.4, -0.2) is 112 Å². The number of ether oxygens (including phenoxy) is 3. The van der Waals surface area contributed by atoms with Gasteiger partial charge in [0.2, 0.25) is 5.91 Å². The van der Waals surface area contributed by atoms with Gasteiger partial charge >= 0.3 is 5.69 Å². The van der Waals surface area contributed by atoms with Gasteiger partial charge in [0.25, 0.3) is 5.56 Å². The fourth-order valence-corrected chi connectivity index (χ4v) is 4.51. The lowest BCUT2D eigenvalue weighted by atomic mass is 9.87. The number of nitrogens with two attached hydrogens (primary N) is 3. The molecule has 2 unspecified atom stereocenters. The van der Waals surface area contributed by atoms with Crippen LogP contribution in [0.3, 0.4) is 0 Å². The number of aliphatic hydroxyl groups is 4. The molecular weight excluding hydrogens is 484 g/mol. The molecule has 0 aliphatic carbocycles. The lowest BCUT2D eigenvalue weighted by Crippen LogP contribution is -2.60. The average molecular weight is 519 g/mol. The van der Waals surface area contributed by atoms with Crippen LogP contribution >= 0.6 is 0 Å². The molecule has 36 heavy (non-hydrogen) atoms. The van der Waals surface area contributed by atoms with Crippen molar-refractivity contribution in [2.75, 3.05) is 32.8 Å². The van der Waals surface area contributed by atoms with Gasteiger partial charge in [0.05, 0.1) is 25.2 Å². The van der Waals surface area contributed by atoms with Crippen molar-refractivity contribution in [1.29, 1.82) is 0 Å². The fraction of sp³-hybridized carbons (Fsp3) is 0.750. The Morgan fingerprint density at radius 3 is 2.61 bits per heavy atom. The minimum absolute atomic E-state index is 0.134. The molecule has 9 atom stereocenters. The molecule has 0 saturated carbocycles. The number of carbonyl (C=O) groups is 1. The van der Waals surface area contributed by atoms with E-state index in [1.165, 1.54) is 0 Å². The topological polar surface area (TPSA) is 271 Å². The SMILES string of the molecule is NCCCNC(C(N)=O)[C@H](O[C@@H]1O[C@H](CN)[C@@H](O)[C@H]1O)[C@H]1OC[C@@](O)(n2ccc(=O)[nH]c2=O)C1CO. The number of nitrogens with one attached hydrogen (secondary N) is 2. The average Bonchev–Trinajstić information content (AvgIpc) is 3.31. The highest BCUT2D eigenvalue weighted by atomic mass is 16.7. The highest BCUT2D eigenvalue weighted by Gasteiger charge is 2.56. The second-order valence-corrected chi connectivity index (χ2v) is 8.76. The summed E-state index contributed by atoms with van der Waals surface area (Å²) in [5.74, 6) is -2.17. The Morgan fingerprint density at radius 1 is 1.33 bits per heavy atom. The van der Waals surface area contributed by atoms with E-state index in [4.69, 9.17) is 31.4 Å². The summed E-state index contributed by atoms with van der Waals surface area (Å²) in [4.78, 5) is 38.4. The first-order valence-electron chi connectivity index (χ1n) is 11.5. The second-order valence-electron chi connectivity index (χ2n) is 8.76. The van der Waals surface area contributed by atoms with E-state index in [0.717, 1.165) is 16.8 Å². The predicted octanol–water partition coefficient (Wildman–Crippen LogP) is -6.23. The molecule has 2 aliphatic heterocycles. The normalized spacial score (nSPS) is 34.1. The number of primary amides is 1. The molecule has 1 aromatic heterocycles. The summed E-state index contributed by atoms with van der Waals surface area (Å²) in [7, 11) is 0. The molecule has 16 nitrogen and oxygen atoms in total. The Morgan fingerprint density at radius 2 is 2.06 bits per heavy atom. The number of H-pyrrole nitrogens is 1. The third kappa shape index (κ3) is 5.52. The summed E-state index contributed by atoms with van der Waals surface area (Å²) in [6.45, 7) is -0.891. The smallest absolute Gasteiger partial charge is 0.330 e. The quantitative estimate of drug-likeness (QED) is 0.117. The van der Waals surface area contributed by atoms with Crippen molar-refractivity contribution in [2.24, 2.45) is 23.1 Å². The van der Waals surface area contributed by atoms with Gasteiger partial charge < -0.3 is 57.2 Å². The van der Waals surface area contributed by atoms with Gasteiger partial charge in [-0.1, -0.05) is 0 Å². The summed E-state index contributed by atoms with van der Waals surface area (Å²) >= 11 is 0. The molecule has 12 N–H and O–H groups in total. The van der Waals surface area contributed by atoms with E-state index < -0.39 is 84.9 Å². The largest absolute Gasteiger partial charge is 0.396 e. The van der Waals surface area contributed by atoms with Crippen LogP contribution in [0, 0.1) is 5.92 Å². The van der Waals surface area contributed by atoms with Crippen LogP contribution in [0.2, 0.25) is 0 Å². The lowest BCUT2D eigenvalue weighted by Gasteiger charge is -2.37. The summed E-state index contributed by atoms with van der Waals surface area (Å²) in [6, 6.07) is -0.289. The van der Waals surface area contributed by atoms with Crippen LogP contribution in [0.1, 0.15) is 6.42 Å². The number of nitrogens with zero attached hydrogens (tertiary/aromatic N) is 1. The first-order chi connectivity index (χ1) is 17.1. The number of hydrogen-bond acceptors (Lipinski definition) is 13. The molecule has 0 radical (unpaired) electrons. The van der Waals surface area contributed by atoms with Gasteiger partial charge in [-0.2, -0.15) is 0 Å². The molecular formula is C20H34N6O10. The molecule has 204 valence electrons. The van der Waals surface area contributed by atoms with Crippen molar-refractivity contribution in [3.8, 4) is 0 Å². The number of aromatic nitrogens is 2. The summed E-state index contributed by atoms with van der Waals surface area (Å²) in [6.07, 6.45) is -6.54. The van der Waals surface area contributed by atoms with Gasteiger partial charge in [-0.15, -0.1) is 0 Å². The van der Waals surface area contributed by atoms with Crippen LogP contribution in [0.4, 0.5) is 0 Å². The molecule has 1 amide bonds. The van der Waals surface area contributed by atoms with Crippen molar-refractivity contribution in [3.63, 3.8) is 0 Å². The third-order valence-electron chi connectivity index (χ3n) is 6.46. The van der Waals surface area contributed by atoms with Crippen LogP contribution < -0.4 is 33.8 Å². The van der Waals surface area contributed by atoms with Gasteiger partial charge in [-0.05, 0) is 19.5 Å². The van der Waals surface area contributed by atoms with Crippen molar-refractivity contribution >= 4 is 5.91 Å². The Hall–Kier alpha value is -2.25. The van der Waals surface area contributed by atoms with Gasteiger partial charge in [0.1, 0.15) is 30.5 Å². The lowest BCUT2D eigenvalue weighted by molar-refractivity contribution is -0.220. The monoisotopic (exact) mass is 518 g/mol. The van der Waals surface area contributed by atoms with Crippen LogP contribution in [0.5, 0.6) is 0 Å². The first kappa shape index (κ1) is 28.3. The maximum atomic E-state index is 12.5. The minimum atomic E-state index is -2.16. The number of aromatic amines is 1. The zero-order valence-corrected chi connectivity index (χ0v) is 19.4. The number of amides is 1.